The van der Waals surface area contributed by atoms with E-state index in [-0.39, 0.29) is 6.04 Å². The average Bonchev–Trinajstić information content (AvgIpc) is 2.50. The van der Waals surface area contributed by atoms with Gasteiger partial charge in [0.25, 0.3) is 0 Å². The molecular weight excluding hydrogens is 250 g/mol. The Balaban J connectivity index is 2.14. The first-order chi connectivity index (χ1) is 9.79. The van der Waals surface area contributed by atoms with Gasteiger partial charge >= 0.3 is 0 Å². The molecule has 3 N–H and O–H groups in total. The summed E-state index contributed by atoms with van der Waals surface area (Å²) in [6.45, 7) is 1.95. The van der Waals surface area contributed by atoms with Crippen LogP contribution in [0, 0.1) is 6.92 Å². The number of nitrogens with two attached hydrogens (primary N) is 1. The second kappa shape index (κ2) is 5.32. The molecule has 1 atom stereocenters. The highest BCUT2D eigenvalue weighted by molar-refractivity contribution is 5.82. The monoisotopic (exact) mass is 265 g/mol. The lowest BCUT2D eigenvalue weighted by molar-refractivity contribution is 0.604. The highest BCUT2D eigenvalue weighted by atomic mass is 15.2. The van der Waals surface area contributed by atoms with Crippen molar-refractivity contribution in [3.63, 3.8) is 0 Å². The Morgan fingerprint density at radius 1 is 1.05 bits per heavy atom. The van der Waals surface area contributed by atoms with E-state index < -0.39 is 0 Å². The van der Waals surface area contributed by atoms with Crippen molar-refractivity contribution >= 4 is 10.9 Å². The predicted octanol–water partition coefficient (Wildman–Crippen LogP) is 1.89. The van der Waals surface area contributed by atoms with E-state index in [1.807, 2.05) is 37.3 Å². The maximum atomic E-state index is 5.72. The predicted molar refractivity (Wildman–Crippen MR) is 77.7 cm³/mol. The van der Waals surface area contributed by atoms with Gasteiger partial charge in [-0.2, -0.15) is 0 Å². The summed E-state index contributed by atoms with van der Waals surface area (Å²) in [5, 5.41) is 1.04. The maximum Gasteiger partial charge on any atom is 0.150 e. The number of nitrogens with zero attached hydrogens (tertiary/aromatic N) is 3. The fourth-order valence-electron chi connectivity index (χ4n) is 2.23. The first-order valence-corrected chi connectivity index (χ1v) is 6.38. The van der Waals surface area contributed by atoms with Gasteiger partial charge < -0.3 is 0 Å². The van der Waals surface area contributed by atoms with Gasteiger partial charge in [-0.25, -0.2) is 15.4 Å². The van der Waals surface area contributed by atoms with Crippen LogP contribution in [0.3, 0.4) is 0 Å². The van der Waals surface area contributed by atoms with E-state index in [2.05, 4.69) is 20.4 Å². The fourth-order valence-corrected chi connectivity index (χ4v) is 2.23. The minimum atomic E-state index is -0.261. The zero-order valence-corrected chi connectivity index (χ0v) is 11.1. The van der Waals surface area contributed by atoms with Crippen LogP contribution in [0.15, 0.2) is 48.9 Å². The summed E-state index contributed by atoms with van der Waals surface area (Å²) in [4.78, 5) is 13.1. The second-order valence-corrected chi connectivity index (χ2v) is 4.64. The number of hydrogen-bond donors (Lipinski definition) is 2. The van der Waals surface area contributed by atoms with Gasteiger partial charge in [0.15, 0.2) is 5.82 Å². The lowest BCUT2D eigenvalue weighted by atomic mass is 10.0. The van der Waals surface area contributed by atoms with Crippen LogP contribution in [0.4, 0.5) is 0 Å². The molecule has 100 valence electrons. The van der Waals surface area contributed by atoms with Crippen molar-refractivity contribution in [2.24, 2.45) is 5.84 Å². The van der Waals surface area contributed by atoms with Crippen LogP contribution in [0.25, 0.3) is 10.9 Å². The first-order valence-electron chi connectivity index (χ1n) is 6.38. The van der Waals surface area contributed by atoms with Crippen molar-refractivity contribution in [1.82, 2.24) is 20.4 Å². The van der Waals surface area contributed by atoms with Crippen LogP contribution in [-0.2, 0) is 0 Å². The highest BCUT2D eigenvalue weighted by Gasteiger charge is 2.17. The third-order valence-corrected chi connectivity index (χ3v) is 3.22. The van der Waals surface area contributed by atoms with Crippen molar-refractivity contribution in [2.45, 2.75) is 13.0 Å². The summed E-state index contributed by atoms with van der Waals surface area (Å²) in [5.41, 5.74) is 5.75. The third-order valence-electron chi connectivity index (χ3n) is 3.22. The number of benzene rings is 1. The Hall–Kier alpha value is -2.37. The normalized spacial score (nSPS) is 12.5. The number of nitrogens with one attached hydrogen (secondary N) is 1. The Labute approximate surface area is 116 Å². The van der Waals surface area contributed by atoms with Crippen LogP contribution in [0.5, 0.6) is 0 Å². The van der Waals surface area contributed by atoms with Crippen molar-refractivity contribution in [1.29, 1.82) is 0 Å². The van der Waals surface area contributed by atoms with Crippen molar-refractivity contribution in [2.75, 3.05) is 0 Å². The van der Waals surface area contributed by atoms with Gasteiger partial charge in [-0.05, 0) is 30.2 Å². The average molecular weight is 265 g/mol. The zero-order chi connectivity index (χ0) is 13.9. The molecule has 3 rings (SSSR count). The summed E-state index contributed by atoms with van der Waals surface area (Å²) in [7, 11) is 0. The van der Waals surface area contributed by atoms with E-state index in [0.717, 1.165) is 22.0 Å². The molecule has 0 amide bonds. The number of aromatic nitrogens is 3. The van der Waals surface area contributed by atoms with Crippen LogP contribution in [0.1, 0.15) is 23.0 Å². The summed E-state index contributed by atoms with van der Waals surface area (Å²) in [5.74, 6) is 6.36. The Bertz CT molecular complexity index is 718. The number of hydrazine groups is 1. The van der Waals surface area contributed by atoms with Crippen LogP contribution in [-0.4, -0.2) is 15.0 Å². The molecule has 2 aromatic heterocycles. The molecule has 0 bridgehead atoms. The lowest BCUT2D eigenvalue weighted by Gasteiger charge is -2.16. The van der Waals surface area contributed by atoms with Crippen LogP contribution >= 0.6 is 0 Å². The van der Waals surface area contributed by atoms with E-state index in [9.17, 15) is 0 Å². The number of pyridine rings is 1. The Morgan fingerprint density at radius 2 is 1.85 bits per heavy atom. The topological polar surface area (TPSA) is 76.7 Å². The fraction of sp³-hybridized carbons (Fsp3) is 0.133. The van der Waals surface area contributed by atoms with Gasteiger partial charge in [-0.3, -0.25) is 10.8 Å². The minimum Gasteiger partial charge on any atom is -0.270 e. The quantitative estimate of drug-likeness (QED) is 0.558. The molecule has 2 heterocycles. The summed E-state index contributed by atoms with van der Waals surface area (Å²) in [6.07, 6.45) is 5.35. The Kier molecular flexibility index (Phi) is 3.37. The molecule has 3 aromatic rings. The summed E-state index contributed by atoms with van der Waals surface area (Å²) >= 11 is 0. The van der Waals surface area contributed by atoms with Crippen LogP contribution in [0.2, 0.25) is 0 Å². The molecule has 0 aliphatic carbocycles. The van der Waals surface area contributed by atoms with Crippen molar-refractivity contribution in [3.8, 4) is 0 Å². The third kappa shape index (κ3) is 2.24. The van der Waals surface area contributed by atoms with Crippen LogP contribution < -0.4 is 11.3 Å². The van der Waals surface area contributed by atoms with E-state index >= 15 is 0 Å². The molecule has 1 aromatic carbocycles. The maximum absolute atomic E-state index is 5.72. The van der Waals surface area contributed by atoms with Gasteiger partial charge in [0.05, 0.1) is 5.52 Å². The molecule has 5 nitrogen and oxygen atoms in total. The number of hydrogen-bond acceptors (Lipinski definition) is 5. The molecule has 0 saturated carbocycles. The number of fused-ring (bicyclic) bond motifs is 1. The van der Waals surface area contributed by atoms with Crippen molar-refractivity contribution in [3.05, 3.63) is 65.9 Å². The summed E-state index contributed by atoms with van der Waals surface area (Å²) < 4.78 is 0. The van der Waals surface area contributed by atoms with Gasteiger partial charge in [-0.1, -0.05) is 18.2 Å². The van der Waals surface area contributed by atoms with Gasteiger partial charge in [0.2, 0.25) is 0 Å². The molecule has 0 saturated heterocycles. The van der Waals surface area contributed by atoms with Gasteiger partial charge in [-0.15, -0.1) is 0 Å². The van der Waals surface area contributed by atoms with Crippen molar-refractivity contribution < 1.29 is 0 Å². The first kappa shape index (κ1) is 12.7. The second-order valence-electron chi connectivity index (χ2n) is 4.64. The Morgan fingerprint density at radius 3 is 2.60 bits per heavy atom. The highest BCUT2D eigenvalue weighted by Crippen LogP contribution is 2.25. The lowest BCUT2D eigenvalue weighted by Crippen LogP contribution is -2.30. The van der Waals surface area contributed by atoms with Gasteiger partial charge in [0.1, 0.15) is 6.04 Å². The molecule has 0 fully saturated rings. The summed E-state index contributed by atoms with van der Waals surface area (Å²) in [6, 6.07) is 9.62. The molecule has 0 spiro atoms. The smallest absolute Gasteiger partial charge is 0.150 e. The standard InChI is InChI=1S/C15H15N5/c1-10-8-18-15(19-9-10)14(20-16)12-4-2-6-13-11(12)5-3-7-17-13/h2-9,14,20H,16H2,1H3. The van der Waals surface area contributed by atoms with E-state index in [1.54, 1.807) is 18.6 Å². The largest absolute Gasteiger partial charge is 0.270 e. The molecule has 1 unspecified atom stereocenters. The molecular formula is C15H15N5. The molecule has 5 heteroatoms. The number of rotatable bonds is 3. The molecule has 20 heavy (non-hydrogen) atoms. The SMILES string of the molecule is Cc1cnc(C(NN)c2cccc3ncccc23)nc1. The van der Waals surface area contributed by atoms with E-state index in [0.29, 0.717) is 5.82 Å². The minimum absolute atomic E-state index is 0.261. The molecule has 0 aliphatic rings. The molecule has 0 radical (unpaired) electrons. The zero-order valence-electron chi connectivity index (χ0n) is 11.1. The van der Waals surface area contributed by atoms with Gasteiger partial charge in [0, 0.05) is 24.0 Å². The molecule has 0 aliphatic heterocycles. The van der Waals surface area contributed by atoms with E-state index in [4.69, 9.17) is 5.84 Å². The number of aryl methyl sites for hydroxylation is 1. The van der Waals surface area contributed by atoms with E-state index in [1.165, 1.54) is 0 Å².